The molecule has 2 N–H and O–H groups in total. The molecule has 2 heterocycles. The molecule has 1 aliphatic carbocycles. The summed E-state index contributed by atoms with van der Waals surface area (Å²) in [4.78, 5) is 3.74. The maximum Gasteiger partial charge on any atom is 0.231 e. The van der Waals surface area contributed by atoms with Crippen LogP contribution in [0.25, 0.3) is 22.0 Å². The molecule has 3 aromatic carbocycles. The maximum atomic E-state index is 5.57. The Kier molecular flexibility index (Phi) is 4.46. The van der Waals surface area contributed by atoms with Crippen molar-refractivity contribution in [2.75, 3.05) is 6.79 Å². The van der Waals surface area contributed by atoms with Gasteiger partial charge >= 0.3 is 0 Å². The van der Waals surface area contributed by atoms with E-state index < -0.39 is 0 Å². The van der Waals surface area contributed by atoms with Gasteiger partial charge < -0.3 is 19.8 Å². The van der Waals surface area contributed by atoms with Crippen LogP contribution in [0.4, 0.5) is 0 Å². The zero-order chi connectivity index (χ0) is 20.8. The minimum absolute atomic E-state index is 0.304. The predicted octanol–water partition coefficient (Wildman–Crippen LogP) is 6.29. The minimum atomic E-state index is 0.304. The standard InChI is InChI=1S/C27H26N2O2/c1-17(18-6-3-2-4-7-18)28-24-9-5-8-21-22-14-19(10-12-23(22)29-27(21)24)20-11-13-25-26(15-20)31-16-30-25/h2-4,6-7,10-15,17,24,28-29H,5,8-9,16H2,1H3. The quantitative estimate of drug-likeness (QED) is 0.415. The molecule has 2 aliphatic rings. The summed E-state index contributed by atoms with van der Waals surface area (Å²) in [5, 5.41) is 5.20. The number of rotatable bonds is 4. The van der Waals surface area contributed by atoms with Gasteiger partial charge in [0, 0.05) is 28.7 Å². The lowest BCUT2D eigenvalue weighted by molar-refractivity contribution is 0.174. The lowest BCUT2D eigenvalue weighted by Crippen LogP contribution is -2.27. The Morgan fingerprint density at radius 3 is 2.65 bits per heavy atom. The van der Waals surface area contributed by atoms with Crippen molar-refractivity contribution in [3.05, 3.63) is 83.6 Å². The van der Waals surface area contributed by atoms with Gasteiger partial charge in [-0.3, -0.25) is 0 Å². The van der Waals surface area contributed by atoms with Gasteiger partial charge in [-0.05, 0) is 72.7 Å². The van der Waals surface area contributed by atoms with Crippen LogP contribution in [0.1, 0.15) is 48.7 Å². The van der Waals surface area contributed by atoms with E-state index in [0.717, 1.165) is 29.9 Å². The van der Waals surface area contributed by atoms with E-state index in [1.54, 1.807) is 0 Å². The number of hydrogen-bond donors (Lipinski definition) is 2. The van der Waals surface area contributed by atoms with E-state index >= 15 is 0 Å². The van der Waals surface area contributed by atoms with Crippen molar-refractivity contribution < 1.29 is 9.47 Å². The third-order valence-corrected chi connectivity index (χ3v) is 6.66. The minimum Gasteiger partial charge on any atom is -0.454 e. The van der Waals surface area contributed by atoms with Crippen molar-refractivity contribution in [3.63, 3.8) is 0 Å². The lowest BCUT2D eigenvalue weighted by Gasteiger charge is -2.27. The summed E-state index contributed by atoms with van der Waals surface area (Å²) in [5.74, 6) is 1.65. The van der Waals surface area contributed by atoms with Gasteiger partial charge in [0.25, 0.3) is 0 Å². The third-order valence-electron chi connectivity index (χ3n) is 6.66. The van der Waals surface area contributed by atoms with E-state index in [2.05, 4.69) is 77.9 Å². The molecule has 0 radical (unpaired) electrons. The van der Waals surface area contributed by atoms with E-state index in [4.69, 9.17) is 9.47 Å². The van der Waals surface area contributed by atoms with E-state index in [-0.39, 0.29) is 0 Å². The molecule has 4 nitrogen and oxygen atoms in total. The average molecular weight is 411 g/mol. The highest BCUT2D eigenvalue weighted by molar-refractivity contribution is 5.89. The number of hydrogen-bond acceptors (Lipinski definition) is 3. The number of ether oxygens (including phenoxy) is 2. The molecule has 0 spiro atoms. The van der Waals surface area contributed by atoms with Gasteiger partial charge in [0.15, 0.2) is 11.5 Å². The second-order valence-electron chi connectivity index (χ2n) is 8.59. The molecule has 0 saturated heterocycles. The fraction of sp³-hybridized carbons (Fsp3) is 0.259. The Labute approximate surface area is 182 Å². The van der Waals surface area contributed by atoms with Crippen LogP contribution in [0.3, 0.4) is 0 Å². The van der Waals surface area contributed by atoms with Gasteiger partial charge in [0.05, 0.1) is 0 Å². The summed E-state index contributed by atoms with van der Waals surface area (Å²) < 4.78 is 11.0. The van der Waals surface area contributed by atoms with Gasteiger partial charge in [0.1, 0.15) is 0 Å². The summed E-state index contributed by atoms with van der Waals surface area (Å²) in [7, 11) is 0. The fourth-order valence-electron chi connectivity index (χ4n) is 5.02. The number of aromatic nitrogens is 1. The fourth-order valence-corrected chi connectivity index (χ4v) is 5.02. The van der Waals surface area contributed by atoms with Crippen LogP contribution in [0.2, 0.25) is 0 Å². The van der Waals surface area contributed by atoms with Gasteiger partial charge in [-0.2, -0.15) is 0 Å². The van der Waals surface area contributed by atoms with Crippen molar-refractivity contribution in [2.24, 2.45) is 0 Å². The van der Waals surface area contributed by atoms with Crippen LogP contribution in [0, 0.1) is 0 Å². The van der Waals surface area contributed by atoms with E-state index in [1.165, 1.54) is 39.7 Å². The Morgan fingerprint density at radius 2 is 1.74 bits per heavy atom. The van der Waals surface area contributed by atoms with Crippen molar-refractivity contribution in [2.45, 2.75) is 38.3 Å². The van der Waals surface area contributed by atoms with Crippen LogP contribution in [0.5, 0.6) is 11.5 Å². The zero-order valence-electron chi connectivity index (χ0n) is 17.7. The smallest absolute Gasteiger partial charge is 0.231 e. The first-order valence-electron chi connectivity index (χ1n) is 11.1. The van der Waals surface area contributed by atoms with Crippen molar-refractivity contribution in [1.82, 2.24) is 10.3 Å². The molecule has 1 aromatic heterocycles. The van der Waals surface area contributed by atoms with Crippen molar-refractivity contribution >= 4 is 10.9 Å². The molecule has 0 saturated carbocycles. The number of H-pyrrole nitrogens is 1. The molecule has 0 amide bonds. The van der Waals surface area contributed by atoms with Crippen LogP contribution < -0.4 is 14.8 Å². The molecule has 6 rings (SSSR count). The molecule has 2 unspecified atom stereocenters. The van der Waals surface area contributed by atoms with Gasteiger partial charge in [0.2, 0.25) is 6.79 Å². The van der Waals surface area contributed by atoms with Gasteiger partial charge in [-0.15, -0.1) is 0 Å². The highest BCUT2D eigenvalue weighted by Crippen LogP contribution is 2.39. The largest absolute Gasteiger partial charge is 0.454 e. The summed E-state index contributed by atoms with van der Waals surface area (Å²) in [5.41, 5.74) is 7.73. The summed E-state index contributed by atoms with van der Waals surface area (Å²) in [6, 6.07) is 24.3. The molecule has 4 heteroatoms. The normalized spacial score (nSPS) is 18.2. The Bertz CT molecular complexity index is 1250. The number of benzene rings is 3. The molecular formula is C27H26N2O2. The number of nitrogens with one attached hydrogen (secondary N) is 2. The molecule has 156 valence electrons. The second-order valence-corrected chi connectivity index (χ2v) is 8.59. The summed E-state index contributed by atoms with van der Waals surface area (Å²) in [6.07, 6.45) is 3.48. The average Bonchev–Trinajstić information content (AvgIpc) is 3.43. The highest BCUT2D eigenvalue weighted by Gasteiger charge is 2.26. The monoisotopic (exact) mass is 410 g/mol. The van der Waals surface area contributed by atoms with Crippen LogP contribution in [-0.2, 0) is 6.42 Å². The first-order valence-corrected chi connectivity index (χ1v) is 11.1. The number of fused-ring (bicyclic) bond motifs is 4. The molecule has 0 bridgehead atoms. The third kappa shape index (κ3) is 3.28. The lowest BCUT2D eigenvalue weighted by atomic mass is 9.90. The van der Waals surface area contributed by atoms with Crippen LogP contribution in [-0.4, -0.2) is 11.8 Å². The van der Waals surface area contributed by atoms with E-state index in [0.29, 0.717) is 18.9 Å². The maximum absolute atomic E-state index is 5.57. The van der Waals surface area contributed by atoms with Gasteiger partial charge in [-0.25, -0.2) is 0 Å². The van der Waals surface area contributed by atoms with Crippen molar-refractivity contribution in [3.8, 4) is 22.6 Å². The topological polar surface area (TPSA) is 46.3 Å². The van der Waals surface area contributed by atoms with E-state index in [9.17, 15) is 0 Å². The SMILES string of the molecule is CC(NC1CCCc2c1[nH]c1ccc(-c3ccc4c(c3)OCO4)cc21)c1ccccc1. The summed E-state index contributed by atoms with van der Waals surface area (Å²) in [6.45, 7) is 2.56. The highest BCUT2D eigenvalue weighted by atomic mass is 16.7. The van der Waals surface area contributed by atoms with Crippen molar-refractivity contribution in [1.29, 1.82) is 0 Å². The van der Waals surface area contributed by atoms with Gasteiger partial charge in [-0.1, -0.05) is 42.5 Å². The van der Waals surface area contributed by atoms with E-state index in [1.807, 2.05) is 6.07 Å². The molecule has 31 heavy (non-hydrogen) atoms. The number of aromatic amines is 1. The van der Waals surface area contributed by atoms with Crippen LogP contribution >= 0.6 is 0 Å². The Balaban J connectivity index is 1.34. The Morgan fingerprint density at radius 1 is 0.935 bits per heavy atom. The Hall–Kier alpha value is -3.24. The number of aryl methyl sites for hydroxylation is 1. The molecular weight excluding hydrogens is 384 g/mol. The second kappa shape index (κ2) is 7.47. The molecule has 0 fully saturated rings. The first-order chi connectivity index (χ1) is 15.3. The summed E-state index contributed by atoms with van der Waals surface area (Å²) >= 11 is 0. The molecule has 4 aromatic rings. The molecule has 1 aliphatic heterocycles. The predicted molar refractivity (Wildman–Crippen MR) is 124 cm³/mol. The van der Waals surface area contributed by atoms with Crippen LogP contribution in [0.15, 0.2) is 66.7 Å². The zero-order valence-corrected chi connectivity index (χ0v) is 17.7. The first kappa shape index (κ1) is 18.5. The molecule has 2 atom stereocenters.